The topological polar surface area (TPSA) is 72.0 Å². The van der Waals surface area contributed by atoms with Crippen LogP contribution in [0.1, 0.15) is 12.8 Å². The fourth-order valence-electron chi connectivity index (χ4n) is 2.41. The number of benzene rings is 1. The molecule has 3 rings (SSSR count). The number of sulfone groups is 1. The molecule has 0 bridgehead atoms. The molecule has 21 heavy (non-hydrogen) atoms. The highest BCUT2D eigenvalue weighted by Gasteiger charge is 2.23. The summed E-state index contributed by atoms with van der Waals surface area (Å²) in [5.74, 6) is 1.20. The van der Waals surface area contributed by atoms with Crippen molar-refractivity contribution in [2.45, 2.75) is 18.9 Å². The average Bonchev–Trinajstić information content (AvgIpc) is 2.51. The average molecular weight is 303 g/mol. The van der Waals surface area contributed by atoms with Gasteiger partial charge in [-0.2, -0.15) is 0 Å². The highest BCUT2D eigenvalue weighted by Crippen LogP contribution is 2.19. The quantitative estimate of drug-likeness (QED) is 0.940. The summed E-state index contributed by atoms with van der Waals surface area (Å²) >= 11 is 0. The minimum atomic E-state index is -2.82. The van der Waals surface area contributed by atoms with Crippen LogP contribution in [0.3, 0.4) is 0 Å². The standard InChI is InChI=1S/C15H17N3O2S/c19-21(20)8-6-13(7-9-21)18-14-10-16-15(17-11-14)12-4-2-1-3-5-12/h1-5,10-11,13,18H,6-9H2. The molecule has 6 heteroatoms. The van der Waals surface area contributed by atoms with Gasteiger partial charge in [0.15, 0.2) is 5.82 Å². The summed E-state index contributed by atoms with van der Waals surface area (Å²) in [4.78, 5) is 8.70. The van der Waals surface area contributed by atoms with E-state index in [-0.39, 0.29) is 17.5 Å². The number of hydrogen-bond donors (Lipinski definition) is 1. The summed E-state index contributed by atoms with van der Waals surface area (Å²) in [5.41, 5.74) is 1.81. The van der Waals surface area contributed by atoms with Gasteiger partial charge in [0.2, 0.25) is 0 Å². The Morgan fingerprint density at radius 3 is 2.24 bits per heavy atom. The molecule has 1 aromatic carbocycles. The van der Waals surface area contributed by atoms with E-state index >= 15 is 0 Å². The van der Waals surface area contributed by atoms with Crippen LogP contribution in [0, 0.1) is 0 Å². The molecule has 0 unspecified atom stereocenters. The van der Waals surface area contributed by atoms with Crippen LogP contribution in [0.2, 0.25) is 0 Å². The Bertz CT molecular complexity index is 685. The second-order valence-electron chi connectivity index (χ2n) is 5.23. The molecule has 1 saturated heterocycles. The van der Waals surface area contributed by atoms with Crippen molar-refractivity contribution in [3.63, 3.8) is 0 Å². The van der Waals surface area contributed by atoms with Crippen molar-refractivity contribution in [1.29, 1.82) is 0 Å². The van der Waals surface area contributed by atoms with E-state index in [9.17, 15) is 8.42 Å². The van der Waals surface area contributed by atoms with Crippen LogP contribution < -0.4 is 5.32 Å². The second-order valence-corrected chi connectivity index (χ2v) is 7.54. The van der Waals surface area contributed by atoms with Gasteiger partial charge in [0, 0.05) is 11.6 Å². The first-order valence-electron chi connectivity index (χ1n) is 6.97. The van der Waals surface area contributed by atoms with Crippen LogP contribution >= 0.6 is 0 Å². The fraction of sp³-hybridized carbons (Fsp3) is 0.333. The van der Waals surface area contributed by atoms with Crippen molar-refractivity contribution >= 4 is 15.5 Å². The third-order valence-electron chi connectivity index (χ3n) is 3.61. The third kappa shape index (κ3) is 3.58. The summed E-state index contributed by atoms with van der Waals surface area (Å²) in [7, 11) is -2.82. The first-order valence-corrected chi connectivity index (χ1v) is 8.79. The second kappa shape index (κ2) is 5.81. The van der Waals surface area contributed by atoms with Gasteiger partial charge in [-0.15, -0.1) is 0 Å². The predicted octanol–water partition coefficient (Wildman–Crippen LogP) is 2.13. The molecule has 5 nitrogen and oxygen atoms in total. The maximum Gasteiger partial charge on any atom is 0.159 e. The SMILES string of the molecule is O=S1(=O)CCC(Nc2cnc(-c3ccccc3)nc2)CC1. The van der Waals surface area contributed by atoms with Crippen molar-refractivity contribution in [3.8, 4) is 11.4 Å². The molecule has 2 aromatic rings. The molecular formula is C15H17N3O2S. The largest absolute Gasteiger partial charge is 0.380 e. The molecule has 1 aromatic heterocycles. The van der Waals surface area contributed by atoms with Crippen LogP contribution in [-0.2, 0) is 9.84 Å². The van der Waals surface area contributed by atoms with Gasteiger partial charge in [-0.25, -0.2) is 18.4 Å². The Balaban J connectivity index is 1.65. The van der Waals surface area contributed by atoms with Gasteiger partial charge in [0.05, 0.1) is 29.6 Å². The van der Waals surface area contributed by atoms with Gasteiger partial charge in [-0.3, -0.25) is 0 Å². The zero-order chi connectivity index (χ0) is 14.7. The van der Waals surface area contributed by atoms with Crippen LogP contribution in [0.25, 0.3) is 11.4 Å². The molecule has 110 valence electrons. The summed E-state index contributed by atoms with van der Waals surface area (Å²) in [5, 5.41) is 3.31. The van der Waals surface area contributed by atoms with Crippen molar-refractivity contribution < 1.29 is 8.42 Å². The van der Waals surface area contributed by atoms with Gasteiger partial charge < -0.3 is 5.32 Å². The Labute approximate surface area is 124 Å². The number of nitrogens with zero attached hydrogens (tertiary/aromatic N) is 2. The monoisotopic (exact) mass is 303 g/mol. The molecule has 0 aliphatic carbocycles. The molecule has 2 heterocycles. The smallest absolute Gasteiger partial charge is 0.159 e. The number of hydrogen-bond acceptors (Lipinski definition) is 5. The van der Waals surface area contributed by atoms with Gasteiger partial charge in [-0.05, 0) is 12.8 Å². The molecule has 0 amide bonds. The highest BCUT2D eigenvalue weighted by molar-refractivity contribution is 7.91. The lowest BCUT2D eigenvalue weighted by molar-refractivity contribution is 0.559. The van der Waals surface area contributed by atoms with Gasteiger partial charge >= 0.3 is 0 Å². The Kier molecular flexibility index (Phi) is 3.88. The normalized spacial score (nSPS) is 18.3. The number of aromatic nitrogens is 2. The summed E-state index contributed by atoms with van der Waals surface area (Å²) < 4.78 is 22.8. The molecule has 1 aliphatic rings. The van der Waals surface area contributed by atoms with E-state index in [1.54, 1.807) is 12.4 Å². The van der Waals surface area contributed by atoms with Crippen LogP contribution in [0.15, 0.2) is 42.7 Å². The van der Waals surface area contributed by atoms with Crippen LogP contribution in [0.4, 0.5) is 5.69 Å². The number of rotatable bonds is 3. The van der Waals surface area contributed by atoms with Crippen LogP contribution in [0.5, 0.6) is 0 Å². The third-order valence-corrected chi connectivity index (χ3v) is 5.32. The molecule has 1 aliphatic heterocycles. The summed E-state index contributed by atoms with van der Waals surface area (Å²) in [6.45, 7) is 0. The minimum absolute atomic E-state index is 0.180. The lowest BCUT2D eigenvalue weighted by Crippen LogP contribution is -2.32. The van der Waals surface area contributed by atoms with Crippen molar-refractivity contribution in [3.05, 3.63) is 42.7 Å². The van der Waals surface area contributed by atoms with Gasteiger partial charge in [-0.1, -0.05) is 30.3 Å². The van der Waals surface area contributed by atoms with E-state index in [1.807, 2.05) is 30.3 Å². The predicted molar refractivity (Wildman–Crippen MR) is 82.8 cm³/mol. The Hall–Kier alpha value is -1.95. The fourth-order valence-corrected chi connectivity index (χ4v) is 3.90. The van der Waals surface area contributed by atoms with Crippen LogP contribution in [-0.4, -0.2) is 35.9 Å². The molecule has 1 fully saturated rings. The minimum Gasteiger partial charge on any atom is -0.380 e. The first kappa shape index (κ1) is 14.0. The van der Waals surface area contributed by atoms with Crippen molar-refractivity contribution in [2.24, 2.45) is 0 Å². The van der Waals surface area contributed by atoms with E-state index in [0.717, 1.165) is 11.3 Å². The van der Waals surface area contributed by atoms with E-state index in [1.165, 1.54) is 0 Å². The molecule has 1 N–H and O–H groups in total. The van der Waals surface area contributed by atoms with Crippen molar-refractivity contribution in [2.75, 3.05) is 16.8 Å². The maximum absolute atomic E-state index is 11.4. The Morgan fingerprint density at radius 1 is 1.00 bits per heavy atom. The highest BCUT2D eigenvalue weighted by atomic mass is 32.2. The first-order chi connectivity index (χ1) is 10.1. The van der Waals surface area contributed by atoms with E-state index in [0.29, 0.717) is 18.7 Å². The molecule has 0 saturated carbocycles. The Morgan fingerprint density at radius 2 is 1.62 bits per heavy atom. The van der Waals surface area contributed by atoms with E-state index < -0.39 is 9.84 Å². The van der Waals surface area contributed by atoms with Gasteiger partial charge in [0.25, 0.3) is 0 Å². The lowest BCUT2D eigenvalue weighted by Gasteiger charge is -2.23. The molecule has 0 radical (unpaired) electrons. The zero-order valence-electron chi connectivity index (χ0n) is 11.6. The summed E-state index contributed by atoms with van der Waals surface area (Å²) in [6, 6.07) is 9.97. The maximum atomic E-state index is 11.4. The number of anilines is 1. The van der Waals surface area contributed by atoms with Crippen molar-refractivity contribution in [1.82, 2.24) is 9.97 Å². The lowest BCUT2D eigenvalue weighted by atomic mass is 10.1. The van der Waals surface area contributed by atoms with E-state index in [4.69, 9.17) is 0 Å². The molecule has 0 atom stereocenters. The van der Waals surface area contributed by atoms with Gasteiger partial charge in [0.1, 0.15) is 9.84 Å². The summed E-state index contributed by atoms with van der Waals surface area (Å²) in [6.07, 6.45) is 4.78. The number of nitrogens with one attached hydrogen (secondary N) is 1. The van der Waals surface area contributed by atoms with E-state index in [2.05, 4.69) is 15.3 Å². The molecular weight excluding hydrogens is 286 g/mol. The molecule has 0 spiro atoms. The zero-order valence-corrected chi connectivity index (χ0v) is 12.4.